The largest absolute Gasteiger partial charge is 0.466 e. The minimum atomic E-state index is -0.0265. The minimum absolute atomic E-state index is 0.0265. The number of rotatable bonds is 29. The molecular formula is C32H58O4. The van der Waals surface area contributed by atoms with E-state index in [2.05, 4.69) is 13.2 Å². The van der Waals surface area contributed by atoms with Crippen LogP contribution in [-0.4, -0.2) is 25.2 Å². The Hall–Kier alpha value is -1.58. The molecule has 36 heavy (non-hydrogen) atoms. The van der Waals surface area contributed by atoms with Crippen LogP contribution in [0.25, 0.3) is 0 Å². The highest BCUT2D eigenvalue weighted by Gasteiger charge is 2.03. The normalized spacial score (nSPS) is 10.8. The summed E-state index contributed by atoms with van der Waals surface area (Å²) in [6.45, 7) is 8.64. The Morgan fingerprint density at radius 1 is 0.417 bits per heavy atom. The van der Waals surface area contributed by atoms with Gasteiger partial charge in [-0.15, -0.1) is 13.2 Å². The Morgan fingerprint density at radius 3 is 1.03 bits per heavy atom. The Kier molecular flexibility index (Phi) is 28.3. The van der Waals surface area contributed by atoms with Gasteiger partial charge in [0.05, 0.1) is 13.2 Å². The second-order valence-electron chi connectivity index (χ2n) is 10.2. The van der Waals surface area contributed by atoms with Gasteiger partial charge >= 0.3 is 11.9 Å². The fraction of sp³-hybridized carbons (Fsp3) is 0.812. The maximum Gasteiger partial charge on any atom is 0.305 e. The summed E-state index contributed by atoms with van der Waals surface area (Å²) in [5.41, 5.74) is 0. The first kappa shape index (κ1) is 34.4. The molecule has 0 radical (unpaired) electrons. The lowest BCUT2D eigenvalue weighted by Crippen LogP contribution is -2.05. The van der Waals surface area contributed by atoms with Crippen LogP contribution in [0.5, 0.6) is 0 Å². The van der Waals surface area contributed by atoms with Crippen LogP contribution in [0, 0.1) is 0 Å². The number of allylic oxidation sites excluding steroid dienone is 2. The van der Waals surface area contributed by atoms with Crippen LogP contribution in [0.4, 0.5) is 0 Å². The highest BCUT2D eigenvalue weighted by atomic mass is 16.5. The number of esters is 2. The van der Waals surface area contributed by atoms with Gasteiger partial charge in [0.1, 0.15) is 0 Å². The number of carbonyl (C=O) groups excluding carboxylic acids is 2. The number of ether oxygens (including phenoxy) is 2. The van der Waals surface area contributed by atoms with Crippen molar-refractivity contribution < 1.29 is 19.1 Å². The Bertz CT molecular complexity index is 468. The van der Waals surface area contributed by atoms with Gasteiger partial charge in [-0.2, -0.15) is 0 Å². The smallest absolute Gasteiger partial charge is 0.305 e. The molecule has 0 unspecified atom stereocenters. The first-order chi connectivity index (χ1) is 17.7. The number of unbranched alkanes of at least 4 members (excludes halogenated alkanes) is 19. The molecule has 4 nitrogen and oxygen atoms in total. The number of carbonyl (C=O) groups is 2. The summed E-state index contributed by atoms with van der Waals surface area (Å²) in [6.07, 6.45) is 30.6. The van der Waals surface area contributed by atoms with Gasteiger partial charge in [-0.1, -0.05) is 102 Å². The second kappa shape index (κ2) is 29.6. The van der Waals surface area contributed by atoms with Crippen molar-refractivity contribution in [2.45, 2.75) is 154 Å². The molecule has 0 amide bonds. The summed E-state index contributed by atoms with van der Waals surface area (Å²) in [5.74, 6) is -0.0530. The van der Waals surface area contributed by atoms with E-state index < -0.39 is 0 Å². The van der Waals surface area contributed by atoms with Gasteiger partial charge in [0.2, 0.25) is 0 Å². The molecule has 0 fully saturated rings. The maximum atomic E-state index is 11.7. The quantitative estimate of drug-likeness (QED) is 0.0575. The molecule has 0 aromatic rings. The average Bonchev–Trinajstić information content (AvgIpc) is 2.87. The van der Waals surface area contributed by atoms with Crippen molar-refractivity contribution in [3.05, 3.63) is 25.3 Å². The predicted octanol–water partition coefficient (Wildman–Crippen LogP) is 9.81. The summed E-state index contributed by atoms with van der Waals surface area (Å²) in [4.78, 5) is 23.5. The fourth-order valence-corrected chi connectivity index (χ4v) is 4.31. The van der Waals surface area contributed by atoms with Crippen molar-refractivity contribution in [1.29, 1.82) is 0 Å². The lowest BCUT2D eigenvalue weighted by Gasteiger charge is -2.06. The zero-order valence-electron chi connectivity index (χ0n) is 23.6. The van der Waals surface area contributed by atoms with E-state index in [1.807, 2.05) is 12.2 Å². The lowest BCUT2D eigenvalue weighted by atomic mass is 10.1. The van der Waals surface area contributed by atoms with E-state index in [9.17, 15) is 9.59 Å². The lowest BCUT2D eigenvalue weighted by molar-refractivity contribution is -0.144. The third kappa shape index (κ3) is 28.7. The molecule has 0 aromatic heterocycles. The predicted molar refractivity (Wildman–Crippen MR) is 153 cm³/mol. The van der Waals surface area contributed by atoms with Gasteiger partial charge in [-0.3, -0.25) is 9.59 Å². The van der Waals surface area contributed by atoms with Crippen LogP contribution in [0.3, 0.4) is 0 Å². The topological polar surface area (TPSA) is 52.6 Å². The second-order valence-corrected chi connectivity index (χ2v) is 10.2. The average molecular weight is 507 g/mol. The van der Waals surface area contributed by atoms with Gasteiger partial charge in [0.25, 0.3) is 0 Å². The Balaban J connectivity index is 3.21. The summed E-state index contributed by atoms with van der Waals surface area (Å²) in [6, 6.07) is 0. The van der Waals surface area contributed by atoms with Crippen molar-refractivity contribution in [2.75, 3.05) is 13.2 Å². The maximum absolute atomic E-state index is 11.7. The van der Waals surface area contributed by atoms with Crippen LogP contribution in [0.1, 0.15) is 154 Å². The highest BCUT2D eigenvalue weighted by molar-refractivity contribution is 5.69. The van der Waals surface area contributed by atoms with Crippen LogP contribution >= 0.6 is 0 Å². The molecular weight excluding hydrogens is 448 g/mol. The van der Waals surface area contributed by atoms with E-state index in [0.717, 1.165) is 64.2 Å². The zero-order chi connectivity index (χ0) is 26.4. The van der Waals surface area contributed by atoms with Gasteiger partial charge in [0.15, 0.2) is 0 Å². The van der Waals surface area contributed by atoms with Gasteiger partial charge < -0.3 is 9.47 Å². The van der Waals surface area contributed by atoms with E-state index in [4.69, 9.17) is 9.47 Å². The van der Waals surface area contributed by atoms with E-state index >= 15 is 0 Å². The molecule has 0 atom stereocenters. The van der Waals surface area contributed by atoms with E-state index in [0.29, 0.717) is 26.1 Å². The van der Waals surface area contributed by atoms with Crippen LogP contribution in [0.15, 0.2) is 25.3 Å². The van der Waals surface area contributed by atoms with Crippen LogP contribution < -0.4 is 0 Å². The minimum Gasteiger partial charge on any atom is -0.466 e. The Morgan fingerprint density at radius 2 is 0.694 bits per heavy atom. The van der Waals surface area contributed by atoms with Gasteiger partial charge in [-0.25, -0.2) is 0 Å². The van der Waals surface area contributed by atoms with E-state index in [-0.39, 0.29) is 11.9 Å². The summed E-state index contributed by atoms with van der Waals surface area (Å²) >= 11 is 0. The zero-order valence-corrected chi connectivity index (χ0v) is 23.6. The van der Waals surface area contributed by atoms with Crippen LogP contribution in [0.2, 0.25) is 0 Å². The molecule has 0 rings (SSSR count). The van der Waals surface area contributed by atoms with Crippen molar-refractivity contribution in [3.63, 3.8) is 0 Å². The standard InChI is InChI=1S/C32H58O4/c1-3-5-7-9-15-19-23-27-31(33)35-29-25-21-17-13-11-12-14-18-22-26-30-36-32(34)28-24-20-16-10-8-6-4-2/h3-4H,1-2,5-30H2. The summed E-state index contributed by atoms with van der Waals surface area (Å²) in [5, 5.41) is 0. The van der Waals surface area contributed by atoms with Gasteiger partial charge in [0, 0.05) is 12.8 Å². The molecule has 4 heteroatoms. The highest BCUT2D eigenvalue weighted by Crippen LogP contribution is 2.12. The molecule has 0 spiro atoms. The van der Waals surface area contributed by atoms with Crippen LogP contribution in [-0.2, 0) is 19.1 Å². The molecule has 0 saturated carbocycles. The molecule has 0 aliphatic heterocycles. The summed E-state index contributed by atoms with van der Waals surface area (Å²) < 4.78 is 10.7. The third-order valence-electron chi connectivity index (χ3n) is 6.64. The van der Waals surface area contributed by atoms with E-state index in [1.54, 1.807) is 0 Å². The summed E-state index contributed by atoms with van der Waals surface area (Å²) in [7, 11) is 0. The first-order valence-corrected chi connectivity index (χ1v) is 15.2. The molecule has 0 aromatic carbocycles. The molecule has 210 valence electrons. The molecule has 0 N–H and O–H groups in total. The molecule has 0 heterocycles. The molecule has 0 aliphatic rings. The fourth-order valence-electron chi connectivity index (χ4n) is 4.31. The Labute approximate surface area is 223 Å². The molecule has 0 saturated heterocycles. The number of hydrogen-bond acceptors (Lipinski definition) is 4. The molecule has 0 bridgehead atoms. The van der Waals surface area contributed by atoms with Crippen molar-refractivity contribution in [2.24, 2.45) is 0 Å². The van der Waals surface area contributed by atoms with Crippen molar-refractivity contribution in [3.8, 4) is 0 Å². The van der Waals surface area contributed by atoms with Crippen molar-refractivity contribution in [1.82, 2.24) is 0 Å². The third-order valence-corrected chi connectivity index (χ3v) is 6.64. The monoisotopic (exact) mass is 506 g/mol. The van der Waals surface area contributed by atoms with E-state index in [1.165, 1.54) is 77.0 Å². The SMILES string of the molecule is C=CCCCCCCCC(=O)OCCCCCCCCCCCCOC(=O)CCCCCCCC=C. The molecule has 0 aliphatic carbocycles. The van der Waals surface area contributed by atoms with Gasteiger partial charge in [-0.05, 0) is 51.4 Å². The van der Waals surface area contributed by atoms with Crippen molar-refractivity contribution >= 4 is 11.9 Å². The first-order valence-electron chi connectivity index (χ1n) is 15.2. The number of hydrogen-bond donors (Lipinski definition) is 0.